The number of H-pyrrole nitrogens is 1. The third-order valence-electron chi connectivity index (χ3n) is 5.35. The van der Waals surface area contributed by atoms with Crippen molar-refractivity contribution >= 4 is 34.2 Å². The van der Waals surface area contributed by atoms with Gasteiger partial charge in [0.15, 0.2) is 0 Å². The van der Waals surface area contributed by atoms with Crippen LogP contribution in [0.5, 0.6) is 0 Å². The van der Waals surface area contributed by atoms with E-state index in [2.05, 4.69) is 65.1 Å². The number of hydrogen-bond acceptors (Lipinski definition) is 3. The largest absolute Gasteiger partial charge is 0.339 e. The van der Waals surface area contributed by atoms with Crippen molar-refractivity contribution in [1.82, 2.24) is 14.9 Å². The van der Waals surface area contributed by atoms with Gasteiger partial charge >= 0.3 is 0 Å². The number of rotatable bonds is 6. The summed E-state index contributed by atoms with van der Waals surface area (Å²) in [4.78, 5) is 22.0. The van der Waals surface area contributed by atoms with Gasteiger partial charge in [0.1, 0.15) is 5.65 Å². The predicted octanol–water partition coefficient (Wildman–Crippen LogP) is 6.04. The second kappa shape index (κ2) is 8.99. The molecule has 0 aliphatic carbocycles. The Morgan fingerprint density at radius 1 is 1.16 bits per heavy atom. The van der Waals surface area contributed by atoms with Crippen LogP contribution in [0.1, 0.15) is 11.1 Å². The number of halogens is 1. The quantitative estimate of drug-likeness (QED) is 0.356. The molecule has 0 aliphatic rings. The minimum absolute atomic E-state index is 0.249. The molecular formula is C26H25ClN4O. The van der Waals surface area contributed by atoms with E-state index in [1.165, 1.54) is 11.6 Å². The minimum Gasteiger partial charge on any atom is -0.339 e. The van der Waals surface area contributed by atoms with E-state index >= 15 is 0 Å². The van der Waals surface area contributed by atoms with Crippen molar-refractivity contribution < 1.29 is 4.79 Å². The zero-order chi connectivity index (χ0) is 22.8. The van der Waals surface area contributed by atoms with Gasteiger partial charge in [-0.3, -0.25) is 4.79 Å². The summed E-state index contributed by atoms with van der Waals surface area (Å²) < 4.78 is 0. The fraction of sp³-hybridized carbons (Fsp3) is 0.154. The smallest absolute Gasteiger partial charge is 0.247 e. The molecule has 0 saturated heterocycles. The lowest BCUT2D eigenvalue weighted by molar-refractivity contribution is -0.111. The van der Waals surface area contributed by atoms with Gasteiger partial charge in [0, 0.05) is 29.4 Å². The van der Waals surface area contributed by atoms with Gasteiger partial charge in [-0.25, -0.2) is 4.98 Å². The van der Waals surface area contributed by atoms with Gasteiger partial charge in [-0.15, -0.1) is 0 Å². The highest BCUT2D eigenvalue weighted by atomic mass is 35.5. The number of carbonyl (C=O) groups excluding carboxylic acids is 1. The third kappa shape index (κ3) is 4.31. The van der Waals surface area contributed by atoms with Crippen LogP contribution in [0, 0.1) is 6.92 Å². The van der Waals surface area contributed by atoms with E-state index in [0.29, 0.717) is 5.02 Å². The zero-order valence-corrected chi connectivity index (χ0v) is 19.1. The molecule has 2 N–H and O–H groups in total. The van der Waals surface area contributed by atoms with Crippen LogP contribution in [0.2, 0.25) is 5.02 Å². The fourth-order valence-corrected chi connectivity index (χ4v) is 4.06. The number of pyridine rings is 1. The van der Waals surface area contributed by atoms with Crippen LogP contribution in [0.3, 0.4) is 0 Å². The van der Waals surface area contributed by atoms with Crippen LogP contribution in [0.4, 0.5) is 5.69 Å². The Bertz CT molecular complexity index is 1310. The highest BCUT2D eigenvalue weighted by Gasteiger charge is 2.19. The second-order valence-corrected chi connectivity index (χ2v) is 8.46. The standard InChI is InChI=1S/C26H25ClN4O/c1-5-22(32)29-21-14-19(9-6-16(21)2)23-24-20(27)12-13-28-26(24)30-25(23)18-10-7-17(8-11-18)15-31(3)4/h5-14H,1,15H2,2-4H3,(H,28,30)(H,29,32). The molecule has 2 aromatic heterocycles. The molecule has 0 fully saturated rings. The first-order chi connectivity index (χ1) is 15.4. The lowest BCUT2D eigenvalue weighted by Crippen LogP contribution is -2.10. The molecule has 4 rings (SSSR count). The Morgan fingerprint density at radius 2 is 1.88 bits per heavy atom. The number of aromatic amines is 1. The van der Waals surface area contributed by atoms with Gasteiger partial charge in [0.2, 0.25) is 5.91 Å². The van der Waals surface area contributed by atoms with E-state index in [-0.39, 0.29) is 5.91 Å². The summed E-state index contributed by atoms with van der Waals surface area (Å²) in [5, 5.41) is 4.36. The van der Waals surface area contributed by atoms with Gasteiger partial charge < -0.3 is 15.2 Å². The lowest BCUT2D eigenvalue weighted by Gasteiger charge is -2.12. The number of carbonyl (C=O) groups is 1. The number of nitrogens with one attached hydrogen (secondary N) is 2. The van der Waals surface area contributed by atoms with Crippen molar-refractivity contribution in [3.05, 3.63) is 83.5 Å². The summed E-state index contributed by atoms with van der Waals surface area (Å²) in [6, 6.07) is 16.3. The SMILES string of the molecule is C=CC(=O)Nc1cc(-c2c(-c3ccc(CN(C)C)cc3)[nH]c3nccc(Cl)c23)ccc1C. The van der Waals surface area contributed by atoms with E-state index < -0.39 is 0 Å². The molecule has 0 bridgehead atoms. The van der Waals surface area contributed by atoms with Crippen LogP contribution in [-0.2, 0) is 11.3 Å². The van der Waals surface area contributed by atoms with Crippen molar-refractivity contribution in [1.29, 1.82) is 0 Å². The average Bonchev–Trinajstić information content (AvgIpc) is 3.16. The van der Waals surface area contributed by atoms with Crippen LogP contribution < -0.4 is 5.32 Å². The minimum atomic E-state index is -0.249. The summed E-state index contributed by atoms with van der Waals surface area (Å²) in [7, 11) is 4.11. The average molecular weight is 445 g/mol. The molecule has 2 heterocycles. The second-order valence-electron chi connectivity index (χ2n) is 8.05. The molecule has 6 heteroatoms. The predicted molar refractivity (Wildman–Crippen MR) is 133 cm³/mol. The summed E-state index contributed by atoms with van der Waals surface area (Å²) >= 11 is 6.62. The highest BCUT2D eigenvalue weighted by Crippen LogP contribution is 2.41. The molecule has 32 heavy (non-hydrogen) atoms. The Labute approximate surface area is 192 Å². The summed E-state index contributed by atoms with van der Waals surface area (Å²) in [5.74, 6) is -0.249. The number of anilines is 1. The van der Waals surface area contributed by atoms with Crippen LogP contribution in [0.15, 0.2) is 67.4 Å². The number of benzene rings is 2. The van der Waals surface area contributed by atoms with E-state index in [9.17, 15) is 4.79 Å². The maximum atomic E-state index is 11.9. The molecule has 0 aliphatic heterocycles. The first-order valence-corrected chi connectivity index (χ1v) is 10.7. The normalized spacial score (nSPS) is 11.2. The number of nitrogens with zero attached hydrogens (tertiary/aromatic N) is 2. The van der Waals surface area contributed by atoms with Crippen molar-refractivity contribution in [2.45, 2.75) is 13.5 Å². The Balaban J connectivity index is 1.90. The maximum Gasteiger partial charge on any atom is 0.247 e. The number of hydrogen-bond donors (Lipinski definition) is 2. The monoisotopic (exact) mass is 444 g/mol. The Hall–Kier alpha value is -3.41. The molecule has 0 unspecified atom stereocenters. The van der Waals surface area contributed by atoms with Crippen LogP contribution >= 0.6 is 11.6 Å². The molecule has 0 atom stereocenters. The highest BCUT2D eigenvalue weighted by molar-refractivity contribution is 6.36. The van der Waals surface area contributed by atoms with Gasteiger partial charge in [-0.1, -0.05) is 54.6 Å². The summed E-state index contributed by atoms with van der Waals surface area (Å²) in [6.45, 7) is 6.37. The van der Waals surface area contributed by atoms with Gasteiger partial charge in [-0.2, -0.15) is 0 Å². The number of aromatic nitrogens is 2. The van der Waals surface area contributed by atoms with E-state index in [0.717, 1.165) is 51.2 Å². The number of aryl methyl sites for hydroxylation is 1. The maximum absolute atomic E-state index is 11.9. The Morgan fingerprint density at radius 3 is 2.56 bits per heavy atom. The van der Waals surface area contributed by atoms with Crippen molar-refractivity contribution in [3.8, 4) is 22.4 Å². The van der Waals surface area contributed by atoms with Crippen molar-refractivity contribution in [2.75, 3.05) is 19.4 Å². The Kier molecular flexibility index (Phi) is 6.12. The van der Waals surface area contributed by atoms with Gasteiger partial charge in [0.05, 0.1) is 10.7 Å². The molecule has 5 nitrogen and oxygen atoms in total. The molecule has 0 radical (unpaired) electrons. The molecule has 0 saturated carbocycles. The van der Waals surface area contributed by atoms with Crippen LogP contribution in [-0.4, -0.2) is 34.9 Å². The van der Waals surface area contributed by atoms with Gasteiger partial charge in [-0.05, 0) is 61.5 Å². The first-order valence-electron chi connectivity index (χ1n) is 10.3. The summed E-state index contributed by atoms with van der Waals surface area (Å²) in [6.07, 6.45) is 2.96. The zero-order valence-electron chi connectivity index (χ0n) is 18.4. The third-order valence-corrected chi connectivity index (χ3v) is 5.67. The van der Waals surface area contributed by atoms with Crippen molar-refractivity contribution in [2.24, 2.45) is 0 Å². The van der Waals surface area contributed by atoms with E-state index in [1.54, 1.807) is 12.3 Å². The van der Waals surface area contributed by atoms with Gasteiger partial charge in [0.25, 0.3) is 0 Å². The van der Waals surface area contributed by atoms with E-state index in [4.69, 9.17) is 11.6 Å². The molecule has 162 valence electrons. The first kappa shape index (κ1) is 21.8. The topological polar surface area (TPSA) is 61.0 Å². The molecule has 1 amide bonds. The fourth-order valence-electron chi connectivity index (χ4n) is 3.82. The lowest BCUT2D eigenvalue weighted by atomic mass is 9.96. The molecule has 0 spiro atoms. The van der Waals surface area contributed by atoms with Crippen LogP contribution in [0.25, 0.3) is 33.4 Å². The van der Waals surface area contributed by atoms with E-state index in [1.807, 2.05) is 25.1 Å². The molecular weight excluding hydrogens is 420 g/mol. The number of amides is 1. The summed E-state index contributed by atoms with van der Waals surface area (Å²) in [5.41, 5.74) is 7.50. The number of fused-ring (bicyclic) bond motifs is 1. The molecule has 4 aromatic rings. The van der Waals surface area contributed by atoms with Crippen molar-refractivity contribution in [3.63, 3.8) is 0 Å². The molecule has 2 aromatic carbocycles.